The van der Waals surface area contributed by atoms with Gasteiger partial charge in [0.15, 0.2) is 4.34 Å². The molecule has 0 spiro atoms. The van der Waals surface area contributed by atoms with Crippen molar-refractivity contribution in [2.24, 2.45) is 0 Å². The maximum atomic E-state index is 13.6. The average Bonchev–Trinajstić information content (AvgIpc) is 3.15. The Morgan fingerprint density at radius 3 is 2.71 bits per heavy atom. The van der Waals surface area contributed by atoms with Crippen LogP contribution in [-0.4, -0.2) is 29.9 Å². The Labute approximate surface area is 170 Å². The molecule has 2 N–H and O–H groups in total. The minimum Gasteiger partial charge on any atom is -0.497 e. The summed E-state index contributed by atoms with van der Waals surface area (Å²) in [6.45, 7) is 0.492. The molecule has 3 aromatic rings. The maximum absolute atomic E-state index is 13.6. The molecule has 0 aliphatic heterocycles. The third-order valence-electron chi connectivity index (χ3n) is 3.79. The van der Waals surface area contributed by atoms with E-state index in [0.717, 1.165) is 11.3 Å². The van der Waals surface area contributed by atoms with Gasteiger partial charge in [0.25, 0.3) is 0 Å². The van der Waals surface area contributed by atoms with Gasteiger partial charge in [0, 0.05) is 12.3 Å². The molecule has 28 heavy (non-hydrogen) atoms. The van der Waals surface area contributed by atoms with Crippen molar-refractivity contribution < 1.29 is 13.9 Å². The minimum atomic E-state index is -0.338. The number of carbonyl (C=O) groups excluding carboxylic acids is 1. The highest BCUT2D eigenvalue weighted by Crippen LogP contribution is 2.28. The summed E-state index contributed by atoms with van der Waals surface area (Å²) in [4.78, 5) is 12.0. The molecule has 2 aromatic carbocycles. The fourth-order valence-electron chi connectivity index (χ4n) is 2.33. The van der Waals surface area contributed by atoms with Crippen LogP contribution < -0.4 is 15.4 Å². The third-order valence-corrected chi connectivity index (χ3v) is 5.82. The van der Waals surface area contributed by atoms with Gasteiger partial charge in [-0.05, 0) is 35.7 Å². The molecule has 3 rings (SSSR count). The number of aromatic nitrogens is 2. The molecule has 0 radical (unpaired) electrons. The normalized spacial score (nSPS) is 10.5. The number of benzene rings is 2. The number of carbonyl (C=O) groups is 1. The van der Waals surface area contributed by atoms with E-state index in [9.17, 15) is 9.18 Å². The van der Waals surface area contributed by atoms with Gasteiger partial charge in [-0.1, -0.05) is 53.4 Å². The molecule has 1 heterocycles. The molecule has 0 unspecified atom stereocenters. The van der Waals surface area contributed by atoms with Gasteiger partial charge in [-0.2, -0.15) is 0 Å². The lowest BCUT2D eigenvalue weighted by Gasteiger charge is -2.06. The van der Waals surface area contributed by atoms with Crippen LogP contribution in [0.5, 0.6) is 5.75 Å². The molecule has 0 bridgehead atoms. The first kappa shape index (κ1) is 20.1. The number of thioether (sulfide) groups is 1. The molecule has 0 saturated carbocycles. The summed E-state index contributed by atoms with van der Waals surface area (Å²) in [5, 5.41) is 13.8. The van der Waals surface area contributed by atoms with E-state index in [0.29, 0.717) is 33.8 Å². The zero-order valence-electron chi connectivity index (χ0n) is 15.1. The van der Waals surface area contributed by atoms with Gasteiger partial charge in [-0.25, -0.2) is 9.18 Å². The fourth-order valence-corrected chi connectivity index (χ4v) is 4.06. The standard InChI is InChI=1S/C19H19FN4O2S2/c1-26-15-8-6-13(7-9-15)10-11-21-17(25)22-18-23-24-19(28-18)27-12-14-4-2-3-5-16(14)20/h2-9H,10-12H2,1H3,(H2,21,22,23,25). The van der Waals surface area contributed by atoms with Crippen molar-refractivity contribution in [3.05, 3.63) is 65.5 Å². The molecule has 9 heteroatoms. The molecule has 1 aromatic heterocycles. The molecular weight excluding hydrogens is 399 g/mol. The molecule has 0 saturated heterocycles. The number of rotatable bonds is 8. The number of nitrogens with zero attached hydrogens (tertiary/aromatic N) is 2. The lowest BCUT2D eigenvalue weighted by atomic mass is 10.1. The van der Waals surface area contributed by atoms with Gasteiger partial charge in [-0.15, -0.1) is 10.2 Å². The molecule has 0 aliphatic carbocycles. The number of nitrogens with one attached hydrogen (secondary N) is 2. The minimum absolute atomic E-state index is 0.242. The topological polar surface area (TPSA) is 76.1 Å². The smallest absolute Gasteiger partial charge is 0.321 e. The first-order valence-corrected chi connectivity index (χ1v) is 10.3. The lowest BCUT2D eigenvalue weighted by molar-refractivity contribution is 0.252. The highest BCUT2D eigenvalue weighted by molar-refractivity contribution is 8.00. The number of urea groups is 1. The van der Waals surface area contributed by atoms with Gasteiger partial charge in [0.1, 0.15) is 11.6 Å². The van der Waals surface area contributed by atoms with E-state index in [1.165, 1.54) is 29.2 Å². The van der Waals surface area contributed by atoms with Gasteiger partial charge >= 0.3 is 6.03 Å². The first-order chi connectivity index (χ1) is 13.6. The van der Waals surface area contributed by atoms with Crippen LogP contribution in [0, 0.1) is 5.82 Å². The van der Waals surface area contributed by atoms with Crippen LogP contribution in [0.2, 0.25) is 0 Å². The van der Waals surface area contributed by atoms with Crippen LogP contribution in [0.25, 0.3) is 0 Å². The van der Waals surface area contributed by atoms with E-state index in [1.54, 1.807) is 25.3 Å². The number of anilines is 1. The summed E-state index contributed by atoms with van der Waals surface area (Å²) < 4.78 is 19.4. The largest absolute Gasteiger partial charge is 0.497 e. The quantitative estimate of drug-likeness (QED) is 0.420. The first-order valence-electron chi connectivity index (χ1n) is 8.51. The summed E-state index contributed by atoms with van der Waals surface area (Å²) in [6, 6.07) is 14.0. The van der Waals surface area contributed by atoms with Gasteiger partial charge < -0.3 is 10.1 Å². The fraction of sp³-hybridized carbons (Fsp3) is 0.211. The Bertz CT molecular complexity index is 918. The van der Waals surface area contributed by atoms with Crippen molar-refractivity contribution in [3.63, 3.8) is 0 Å². The van der Waals surface area contributed by atoms with Gasteiger partial charge in [-0.3, -0.25) is 5.32 Å². The van der Waals surface area contributed by atoms with Crippen LogP contribution in [0.4, 0.5) is 14.3 Å². The molecular formula is C19H19FN4O2S2. The Kier molecular flexibility index (Phi) is 7.21. The zero-order valence-corrected chi connectivity index (χ0v) is 16.8. The van der Waals surface area contributed by atoms with Crippen molar-refractivity contribution in [1.82, 2.24) is 15.5 Å². The summed E-state index contributed by atoms with van der Waals surface area (Å²) >= 11 is 2.63. The second-order valence-corrected chi connectivity index (χ2v) is 7.93. The van der Waals surface area contributed by atoms with Crippen molar-refractivity contribution in [1.29, 1.82) is 0 Å². The molecule has 146 valence electrons. The van der Waals surface area contributed by atoms with Crippen LogP contribution >= 0.6 is 23.1 Å². The second-order valence-electron chi connectivity index (χ2n) is 5.73. The number of hydrogen-bond acceptors (Lipinski definition) is 6. The Morgan fingerprint density at radius 1 is 1.18 bits per heavy atom. The Hall–Kier alpha value is -2.65. The second kappa shape index (κ2) is 10.0. The highest BCUT2D eigenvalue weighted by atomic mass is 32.2. The maximum Gasteiger partial charge on any atom is 0.321 e. The monoisotopic (exact) mass is 418 g/mol. The van der Waals surface area contributed by atoms with E-state index in [1.807, 2.05) is 24.3 Å². The van der Waals surface area contributed by atoms with E-state index in [-0.39, 0.29) is 11.8 Å². The van der Waals surface area contributed by atoms with Crippen LogP contribution in [0.3, 0.4) is 0 Å². The molecule has 2 amide bonds. The summed E-state index contributed by atoms with van der Waals surface area (Å²) in [5.41, 5.74) is 1.71. The van der Waals surface area contributed by atoms with Crippen LogP contribution in [0.1, 0.15) is 11.1 Å². The molecule has 0 fully saturated rings. The van der Waals surface area contributed by atoms with Gasteiger partial charge in [0.2, 0.25) is 5.13 Å². The number of amides is 2. The van der Waals surface area contributed by atoms with Crippen molar-refractivity contribution in [2.75, 3.05) is 19.0 Å². The molecule has 0 aliphatic rings. The van der Waals surface area contributed by atoms with E-state index >= 15 is 0 Å². The van der Waals surface area contributed by atoms with E-state index in [4.69, 9.17) is 4.74 Å². The zero-order chi connectivity index (χ0) is 19.8. The predicted molar refractivity (Wildman–Crippen MR) is 110 cm³/mol. The third kappa shape index (κ3) is 5.93. The highest BCUT2D eigenvalue weighted by Gasteiger charge is 2.09. The summed E-state index contributed by atoms with van der Waals surface area (Å²) in [6.07, 6.45) is 0.706. The van der Waals surface area contributed by atoms with Crippen molar-refractivity contribution in [3.8, 4) is 5.75 Å². The number of halogens is 1. The lowest BCUT2D eigenvalue weighted by Crippen LogP contribution is -2.30. The summed E-state index contributed by atoms with van der Waals surface area (Å²) in [5.74, 6) is 1.01. The number of methoxy groups -OCH3 is 1. The van der Waals surface area contributed by atoms with Crippen LogP contribution in [0.15, 0.2) is 52.9 Å². The van der Waals surface area contributed by atoms with Crippen molar-refractivity contribution in [2.45, 2.75) is 16.5 Å². The Balaban J connectivity index is 1.41. The van der Waals surface area contributed by atoms with Gasteiger partial charge in [0.05, 0.1) is 7.11 Å². The van der Waals surface area contributed by atoms with E-state index < -0.39 is 0 Å². The molecule has 6 nitrogen and oxygen atoms in total. The predicted octanol–water partition coefficient (Wildman–Crippen LogP) is 4.34. The molecule has 0 atom stereocenters. The average molecular weight is 419 g/mol. The van der Waals surface area contributed by atoms with E-state index in [2.05, 4.69) is 20.8 Å². The SMILES string of the molecule is COc1ccc(CCNC(=O)Nc2nnc(SCc3ccccc3F)s2)cc1. The Morgan fingerprint density at radius 2 is 1.96 bits per heavy atom. The number of hydrogen-bond donors (Lipinski definition) is 2. The van der Waals surface area contributed by atoms with Crippen LogP contribution in [-0.2, 0) is 12.2 Å². The van der Waals surface area contributed by atoms with Crippen molar-refractivity contribution >= 4 is 34.3 Å². The summed E-state index contributed by atoms with van der Waals surface area (Å²) in [7, 11) is 1.62. The number of ether oxygens (including phenoxy) is 1.